The van der Waals surface area contributed by atoms with Gasteiger partial charge < -0.3 is 5.11 Å². The molecule has 0 heterocycles. The highest BCUT2D eigenvalue weighted by atomic mass is 16.4. The molecule has 0 aliphatic heterocycles. The Morgan fingerprint density at radius 3 is 2.48 bits per heavy atom. The van der Waals surface area contributed by atoms with E-state index in [0.29, 0.717) is 5.41 Å². The minimum absolute atomic E-state index is 0.199. The number of carbonyl (C=O) groups is 1. The lowest BCUT2D eigenvalue weighted by Crippen LogP contribution is -2.60. The van der Waals surface area contributed by atoms with Gasteiger partial charge in [0.25, 0.3) is 0 Å². The van der Waals surface area contributed by atoms with Crippen LogP contribution in [0.3, 0.4) is 0 Å². The van der Waals surface area contributed by atoms with Crippen LogP contribution in [0.2, 0.25) is 0 Å². The molecular weight excluding hydrogens is 308 g/mol. The summed E-state index contributed by atoms with van der Waals surface area (Å²) in [6.45, 7) is 6.81. The summed E-state index contributed by atoms with van der Waals surface area (Å²) in [7, 11) is 0. The molecule has 0 atom stereocenters. The van der Waals surface area contributed by atoms with Gasteiger partial charge in [-0.2, -0.15) is 0 Å². The zero-order valence-corrected chi connectivity index (χ0v) is 15.8. The van der Waals surface area contributed by atoms with E-state index in [9.17, 15) is 4.79 Å². The lowest BCUT2D eigenvalue weighted by atomic mass is 9.34. The van der Waals surface area contributed by atoms with E-state index in [-0.39, 0.29) is 5.41 Å². The van der Waals surface area contributed by atoms with E-state index in [1.54, 1.807) is 11.1 Å². The van der Waals surface area contributed by atoms with Crippen molar-refractivity contribution in [3.63, 3.8) is 0 Å². The lowest BCUT2D eigenvalue weighted by molar-refractivity contribution is -0.167. The van der Waals surface area contributed by atoms with Crippen LogP contribution < -0.4 is 0 Å². The minimum atomic E-state index is -0.823. The highest BCUT2D eigenvalue weighted by Crippen LogP contribution is 2.76. The van der Waals surface area contributed by atoms with Crippen molar-refractivity contribution in [1.29, 1.82) is 0 Å². The van der Waals surface area contributed by atoms with Crippen molar-refractivity contribution >= 4 is 11.5 Å². The smallest absolute Gasteiger partial charge is 0.327 e. The molecule has 2 bridgehead atoms. The number of benzene rings is 1. The zero-order chi connectivity index (χ0) is 18.1. The third-order valence-corrected chi connectivity index (χ3v) is 6.14. The van der Waals surface area contributed by atoms with Crippen LogP contribution in [0.15, 0.2) is 42.0 Å². The van der Waals surface area contributed by atoms with Crippen molar-refractivity contribution in [3.05, 3.63) is 53.1 Å². The summed E-state index contributed by atoms with van der Waals surface area (Å²) in [5, 5.41) is 8.84. The zero-order valence-electron chi connectivity index (χ0n) is 15.8. The number of rotatable bonds is 8. The van der Waals surface area contributed by atoms with Crippen LogP contribution in [-0.2, 0) is 11.2 Å². The van der Waals surface area contributed by atoms with Gasteiger partial charge in [0.05, 0.1) is 0 Å². The van der Waals surface area contributed by atoms with Gasteiger partial charge in [-0.1, -0.05) is 56.2 Å². The molecule has 3 saturated carbocycles. The number of aliphatic carboxylic acids is 1. The average Bonchev–Trinajstić information content (AvgIpc) is 2.53. The Hall–Kier alpha value is -1.83. The van der Waals surface area contributed by atoms with Crippen molar-refractivity contribution in [2.75, 3.05) is 0 Å². The molecule has 0 spiro atoms. The summed E-state index contributed by atoms with van der Waals surface area (Å²) in [6.07, 6.45) is 11.3. The molecule has 3 aliphatic carbocycles. The van der Waals surface area contributed by atoms with Gasteiger partial charge in [-0.05, 0) is 73.0 Å². The van der Waals surface area contributed by atoms with Gasteiger partial charge >= 0.3 is 5.97 Å². The number of hydrogen-bond donors (Lipinski definition) is 1. The van der Waals surface area contributed by atoms with E-state index >= 15 is 0 Å². The van der Waals surface area contributed by atoms with Crippen molar-refractivity contribution in [2.24, 2.45) is 10.8 Å². The molecule has 25 heavy (non-hydrogen) atoms. The Bertz CT molecular complexity index is 704. The van der Waals surface area contributed by atoms with E-state index in [0.717, 1.165) is 32.1 Å². The molecule has 2 nitrogen and oxygen atoms in total. The normalized spacial score (nSPS) is 28.3. The summed E-state index contributed by atoms with van der Waals surface area (Å²) >= 11 is 0. The summed E-state index contributed by atoms with van der Waals surface area (Å²) < 4.78 is 0. The van der Waals surface area contributed by atoms with Gasteiger partial charge in [0.2, 0.25) is 0 Å². The summed E-state index contributed by atoms with van der Waals surface area (Å²) in [6, 6.07) is 8.84. The molecule has 0 radical (unpaired) electrons. The number of carboxylic acid groups (broad SMARTS) is 1. The van der Waals surface area contributed by atoms with Crippen LogP contribution in [0.5, 0.6) is 0 Å². The van der Waals surface area contributed by atoms with Crippen molar-refractivity contribution < 1.29 is 9.90 Å². The second kappa shape index (κ2) is 6.82. The van der Waals surface area contributed by atoms with E-state index in [1.165, 1.54) is 30.0 Å². The number of aryl methyl sites for hydroxylation is 1. The van der Waals surface area contributed by atoms with E-state index in [4.69, 9.17) is 5.11 Å². The fraction of sp³-hybridized carbons (Fsp3) is 0.522. The Morgan fingerprint density at radius 2 is 1.88 bits per heavy atom. The quantitative estimate of drug-likeness (QED) is 0.588. The van der Waals surface area contributed by atoms with Crippen LogP contribution >= 0.6 is 0 Å². The maximum absolute atomic E-state index is 10.7. The first-order valence-electron chi connectivity index (χ1n) is 9.62. The SMILES string of the molecule is CCC/C(=C(/C)CC12CC(/C=C/C(=O)O)(C1)C2)c1ccccc1CC. The molecule has 4 rings (SSSR count). The minimum Gasteiger partial charge on any atom is -0.478 e. The number of carboxylic acids is 1. The second-order valence-corrected chi connectivity index (χ2v) is 8.26. The van der Waals surface area contributed by atoms with Gasteiger partial charge in [-0.3, -0.25) is 0 Å². The molecule has 2 heteroatoms. The van der Waals surface area contributed by atoms with Crippen LogP contribution in [0, 0.1) is 10.8 Å². The molecule has 0 amide bonds. The fourth-order valence-electron chi connectivity index (χ4n) is 5.32. The van der Waals surface area contributed by atoms with Crippen molar-refractivity contribution in [2.45, 2.75) is 65.7 Å². The van der Waals surface area contributed by atoms with Crippen molar-refractivity contribution in [3.8, 4) is 0 Å². The van der Waals surface area contributed by atoms with E-state index in [2.05, 4.69) is 45.0 Å². The van der Waals surface area contributed by atoms with Gasteiger partial charge in [0, 0.05) is 6.08 Å². The van der Waals surface area contributed by atoms with Gasteiger partial charge in [0.1, 0.15) is 0 Å². The van der Waals surface area contributed by atoms with Crippen LogP contribution in [0.25, 0.3) is 5.57 Å². The standard InChI is InChI=1S/C23H30O2/c1-4-8-19(20-10-7-6-9-18(20)5-2)17(3)13-23-14-22(15-23,16-23)12-11-21(24)25/h6-7,9-12H,4-5,8,13-16H2,1-3H3,(H,24,25)/b12-11+,19-17+. The summed E-state index contributed by atoms with van der Waals surface area (Å²) in [5.74, 6) is -0.823. The summed E-state index contributed by atoms with van der Waals surface area (Å²) in [4.78, 5) is 10.7. The van der Waals surface area contributed by atoms with Gasteiger partial charge in [-0.15, -0.1) is 0 Å². The van der Waals surface area contributed by atoms with Gasteiger partial charge in [0.15, 0.2) is 0 Å². The number of allylic oxidation sites excluding steroid dienone is 3. The van der Waals surface area contributed by atoms with E-state index < -0.39 is 5.97 Å². The first-order valence-corrected chi connectivity index (χ1v) is 9.62. The maximum Gasteiger partial charge on any atom is 0.327 e. The topological polar surface area (TPSA) is 37.3 Å². The first kappa shape index (κ1) is 18.0. The second-order valence-electron chi connectivity index (χ2n) is 8.26. The Morgan fingerprint density at radius 1 is 1.20 bits per heavy atom. The molecule has 134 valence electrons. The lowest BCUT2D eigenvalue weighted by Gasteiger charge is -2.70. The molecule has 3 aliphatic rings. The molecule has 1 N–H and O–H groups in total. The third-order valence-electron chi connectivity index (χ3n) is 6.14. The highest BCUT2D eigenvalue weighted by molar-refractivity contribution is 5.80. The van der Waals surface area contributed by atoms with Crippen LogP contribution in [-0.4, -0.2) is 11.1 Å². The Balaban J connectivity index is 1.76. The van der Waals surface area contributed by atoms with Crippen molar-refractivity contribution in [1.82, 2.24) is 0 Å². The average molecular weight is 338 g/mol. The monoisotopic (exact) mass is 338 g/mol. The maximum atomic E-state index is 10.7. The first-order chi connectivity index (χ1) is 11.9. The molecule has 0 unspecified atom stereocenters. The van der Waals surface area contributed by atoms with Gasteiger partial charge in [-0.25, -0.2) is 4.79 Å². The van der Waals surface area contributed by atoms with Crippen LogP contribution in [0.4, 0.5) is 0 Å². The molecule has 0 saturated heterocycles. The molecule has 3 fully saturated rings. The molecule has 0 aromatic heterocycles. The van der Waals surface area contributed by atoms with E-state index in [1.807, 2.05) is 6.08 Å². The van der Waals surface area contributed by atoms with Crippen LogP contribution in [0.1, 0.15) is 70.4 Å². The predicted octanol–water partition coefficient (Wildman–Crippen LogP) is 6.02. The molecule has 1 aromatic rings. The Kier molecular flexibility index (Phi) is 4.90. The summed E-state index contributed by atoms with van der Waals surface area (Å²) in [5.41, 5.74) is 6.61. The Labute approximate surface area is 151 Å². The molecule has 1 aromatic carbocycles. The fourth-order valence-corrected chi connectivity index (χ4v) is 5.32. The number of hydrogen-bond acceptors (Lipinski definition) is 1. The third kappa shape index (κ3) is 3.44. The molecular formula is C23H30O2. The predicted molar refractivity (Wildman–Crippen MR) is 103 cm³/mol. The largest absolute Gasteiger partial charge is 0.478 e. The highest BCUT2D eigenvalue weighted by Gasteiger charge is 2.65.